The van der Waals surface area contributed by atoms with E-state index >= 15 is 0 Å². The zero-order valence-corrected chi connectivity index (χ0v) is 18.5. The Labute approximate surface area is 171 Å². The molecule has 0 aliphatic heterocycles. The molecule has 0 aromatic heterocycles. The van der Waals surface area contributed by atoms with Gasteiger partial charge in [-0.3, -0.25) is 0 Å². The van der Waals surface area contributed by atoms with Crippen molar-refractivity contribution in [2.75, 3.05) is 19.7 Å². The molecule has 0 saturated carbocycles. The second kappa shape index (κ2) is 13.1. The third kappa shape index (κ3) is 12.8. The van der Waals surface area contributed by atoms with Crippen LogP contribution >= 0.6 is 12.2 Å². The summed E-state index contributed by atoms with van der Waals surface area (Å²) in [4.78, 5) is 11.0. The van der Waals surface area contributed by atoms with Crippen molar-refractivity contribution in [3.63, 3.8) is 0 Å². The quantitative estimate of drug-likeness (QED) is 0.187. The number of rotatable bonds is 15. The second-order valence-electron chi connectivity index (χ2n) is 8.76. The number of unbranched alkanes of at least 4 members (excludes halogenated alkanes) is 2. The van der Waals surface area contributed by atoms with Crippen LogP contribution in [0.3, 0.4) is 0 Å². The highest BCUT2D eigenvalue weighted by Crippen LogP contribution is 2.31. The van der Waals surface area contributed by atoms with Gasteiger partial charge in [-0.15, -0.1) is 0 Å². The Bertz CT molecular complexity index is 476. The van der Waals surface area contributed by atoms with Gasteiger partial charge in [0.05, 0.1) is 0 Å². The van der Waals surface area contributed by atoms with Gasteiger partial charge in [0.15, 0.2) is 5.11 Å². The van der Waals surface area contributed by atoms with E-state index in [1.165, 1.54) is 0 Å². The molecule has 0 aromatic rings. The van der Waals surface area contributed by atoms with Gasteiger partial charge in [0.1, 0.15) is 0 Å². The summed E-state index contributed by atoms with van der Waals surface area (Å²) in [7, 11) is 0. The summed E-state index contributed by atoms with van der Waals surface area (Å²) in [6.07, 6.45) is 7.99. The van der Waals surface area contributed by atoms with Crippen LogP contribution in [0.1, 0.15) is 79.1 Å². The van der Waals surface area contributed by atoms with Crippen LogP contribution in [0.15, 0.2) is 12.2 Å². The number of thiocarbonyl (C=S) groups is 1. The van der Waals surface area contributed by atoms with E-state index in [1.807, 2.05) is 13.8 Å². The van der Waals surface area contributed by atoms with Gasteiger partial charge in [-0.05, 0) is 61.6 Å². The lowest BCUT2D eigenvalue weighted by atomic mass is 9.80. The van der Waals surface area contributed by atoms with Gasteiger partial charge < -0.3 is 20.8 Å². The zero-order valence-electron chi connectivity index (χ0n) is 17.7. The highest BCUT2D eigenvalue weighted by Gasteiger charge is 2.25. The number of nitrogens with one attached hydrogen (secondary N) is 2. The van der Waals surface area contributed by atoms with Gasteiger partial charge in [-0.1, -0.05) is 47.1 Å². The predicted octanol–water partition coefficient (Wildman–Crippen LogP) is 4.26. The van der Waals surface area contributed by atoms with E-state index in [2.05, 4.69) is 31.1 Å². The van der Waals surface area contributed by atoms with Crippen molar-refractivity contribution in [2.45, 2.75) is 79.1 Å². The molecule has 0 amide bonds. The standard InChI is InChI=1S/C21H40N2O3S/c1-17(18(25)26)21(4,5)13-7-9-15-23-19(27)22-14-8-6-11-20(2,3)12-10-16-24/h24H,1,6-16H2,2-5H3,(H,25,26)(H2,22,23,27). The molecule has 27 heavy (non-hydrogen) atoms. The fraction of sp³-hybridized carbons (Fsp3) is 0.810. The molecule has 5 nitrogen and oxygen atoms in total. The Morgan fingerprint density at radius 3 is 1.89 bits per heavy atom. The van der Waals surface area contributed by atoms with Crippen molar-refractivity contribution < 1.29 is 15.0 Å². The van der Waals surface area contributed by atoms with E-state index in [0.29, 0.717) is 10.5 Å². The Morgan fingerprint density at radius 2 is 1.41 bits per heavy atom. The lowest BCUT2D eigenvalue weighted by Crippen LogP contribution is -2.36. The molecule has 0 spiro atoms. The van der Waals surface area contributed by atoms with Crippen LogP contribution in [0.2, 0.25) is 0 Å². The van der Waals surface area contributed by atoms with Crippen molar-refractivity contribution in [3.05, 3.63) is 12.2 Å². The molecule has 0 aliphatic carbocycles. The van der Waals surface area contributed by atoms with Crippen molar-refractivity contribution in [1.29, 1.82) is 0 Å². The van der Waals surface area contributed by atoms with Crippen LogP contribution in [0.4, 0.5) is 0 Å². The highest BCUT2D eigenvalue weighted by molar-refractivity contribution is 7.80. The Hall–Kier alpha value is -1.14. The molecular formula is C21H40N2O3S. The van der Waals surface area contributed by atoms with E-state index in [1.54, 1.807) is 0 Å². The Balaban J connectivity index is 3.73. The van der Waals surface area contributed by atoms with Crippen molar-refractivity contribution in [1.82, 2.24) is 10.6 Å². The number of carboxylic acids is 1. The fourth-order valence-electron chi connectivity index (χ4n) is 3.01. The molecule has 6 heteroatoms. The summed E-state index contributed by atoms with van der Waals surface area (Å²) < 4.78 is 0. The van der Waals surface area contributed by atoms with Gasteiger partial charge >= 0.3 is 5.97 Å². The average Bonchev–Trinajstić information content (AvgIpc) is 2.58. The maximum absolute atomic E-state index is 11.0. The monoisotopic (exact) mass is 400 g/mol. The summed E-state index contributed by atoms with van der Waals surface area (Å²) in [6, 6.07) is 0. The Kier molecular flexibility index (Phi) is 12.6. The molecule has 158 valence electrons. The van der Waals surface area contributed by atoms with Crippen molar-refractivity contribution in [3.8, 4) is 0 Å². The molecule has 0 fully saturated rings. The normalized spacial score (nSPS) is 11.9. The highest BCUT2D eigenvalue weighted by atomic mass is 32.1. The van der Waals surface area contributed by atoms with E-state index in [4.69, 9.17) is 22.4 Å². The molecule has 0 unspecified atom stereocenters. The van der Waals surface area contributed by atoms with Crippen LogP contribution in [-0.4, -0.2) is 41.0 Å². The number of hydrogen-bond acceptors (Lipinski definition) is 3. The fourth-order valence-corrected chi connectivity index (χ4v) is 3.21. The molecule has 0 atom stereocenters. The van der Waals surface area contributed by atoms with Crippen molar-refractivity contribution in [2.24, 2.45) is 10.8 Å². The minimum Gasteiger partial charge on any atom is -0.478 e. The molecule has 0 aliphatic rings. The number of hydrogen-bond donors (Lipinski definition) is 4. The van der Waals surface area contributed by atoms with Gasteiger partial charge in [0.25, 0.3) is 0 Å². The van der Waals surface area contributed by atoms with Gasteiger partial charge in [-0.25, -0.2) is 4.79 Å². The number of aliphatic carboxylic acids is 1. The number of carbonyl (C=O) groups is 1. The van der Waals surface area contributed by atoms with Crippen LogP contribution in [0.5, 0.6) is 0 Å². The largest absolute Gasteiger partial charge is 0.478 e. The molecule has 0 rings (SSSR count). The topological polar surface area (TPSA) is 81.6 Å². The molecule has 0 heterocycles. The third-order valence-electron chi connectivity index (χ3n) is 5.17. The molecule has 4 N–H and O–H groups in total. The van der Waals surface area contributed by atoms with Crippen LogP contribution in [0.25, 0.3) is 0 Å². The molecule has 0 bridgehead atoms. The minimum absolute atomic E-state index is 0.271. The second-order valence-corrected chi connectivity index (χ2v) is 9.16. The van der Waals surface area contributed by atoms with Crippen molar-refractivity contribution >= 4 is 23.3 Å². The lowest BCUT2D eigenvalue weighted by Gasteiger charge is -2.24. The van der Waals surface area contributed by atoms with Crippen LogP contribution in [0, 0.1) is 10.8 Å². The summed E-state index contributed by atoms with van der Waals surface area (Å²) in [5, 5.41) is 25.1. The first-order valence-corrected chi connectivity index (χ1v) is 10.5. The zero-order chi connectivity index (χ0) is 20.9. The summed E-state index contributed by atoms with van der Waals surface area (Å²) in [6.45, 7) is 14.0. The van der Waals surface area contributed by atoms with E-state index in [-0.39, 0.29) is 17.6 Å². The molecule has 0 radical (unpaired) electrons. The average molecular weight is 401 g/mol. The van der Waals surface area contributed by atoms with Gasteiger partial charge in [-0.2, -0.15) is 0 Å². The molecule has 0 aromatic carbocycles. The van der Waals surface area contributed by atoms with E-state index in [0.717, 1.165) is 64.5 Å². The lowest BCUT2D eigenvalue weighted by molar-refractivity contribution is -0.133. The first-order chi connectivity index (χ1) is 12.5. The maximum Gasteiger partial charge on any atom is 0.331 e. The predicted molar refractivity (Wildman–Crippen MR) is 117 cm³/mol. The van der Waals surface area contributed by atoms with Gasteiger partial charge in [0.2, 0.25) is 0 Å². The molecule has 0 saturated heterocycles. The summed E-state index contributed by atoms with van der Waals surface area (Å²) in [5.74, 6) is -0.916. The summed E-state index contributed by atoms with van der Waals surface area (Å²) in [5.41, 5.74) is 0.184. The number of aliphatic hydroxyl groups excluding tert-OH is 1. The summed E-state index contributed by atoms with van der Waals surface area (Å²) >= 11 is 5.29. The number of carboxylic acid groups (broad SMARTS) is 1. The van der Waals surface area contributed by atoms with E-state index in [9.17, 15) is 4.79 Å². The smallest absolute Gasteiger partial charge is 0.331 e. The van der Waals surface area contributed by atoms with Gasteiger partial charge in [0, 0.05) is 25.3 Å². The van der Waals surface area contributed by atoms with E-state index < -0.39 is 5.97 Å². The third-order valence-corrected chi connectivity index (χ3v) is 5.46. The first kappa shape index (κ1) is 25.9. The SMILES string of the molecule is C=C(C(=O)O)C(C)(C)CCCCNC(=S)NCCCCC(C)(C)CCCO. The van der Waals surface area contributed by atoms with Crippen LogP contribution < -0.4 is 10.6 Å². The first-order valence-electron chi connectivity index (χ1n) is 10.1. The Morgan fingerprint density at radius 1 is 0.926 bits per heavy atom. The van der Waals surface area contributed by atoms with Crippen LogP contribution in [-0.2, 0) is 4.79 Å². The maximum atomic E-state index is 11.0. The minimum atomic E-state index is -0.916. The number of aliphatic hydroxyl groups is 1. The molecular weight excluding hydrogens is 360 g/mol.